The Morgan fingerprint density at radius 1 is 1.00 bits per heavy atom. The lowest BCUT2D eigenvalue weighted by Crippen LogP contribution is -2.33. The summed E-state index contributed by atoms with van der Waals surface area (Å²) >= 11 is 0. The normalized spacial score (nSPS) is 16.3. The highest BCUT2D eigenvalue weighted by Crippen LogP contribution is 2.42. The molecule has 0 fully saturated rings. The zero-order valence-electron chi connectivity index (χ0n) is 21.5. The zero-order valence-corrected chi connectivity index (χ0v) is 21.5. The lowest BCUT2D eigenvalue weighted by molar-refractivity contribution is -0.143. The van der Waals surface area contributed by atoms with Crippen LogP contribution >= 0.6 is 0 Å². The van der Waals surface area contributed by atoms with E-state index >= 15 is 0 Å². The van der Waals surface area contributed by atoms with E-state index in [2.05, 4.69) is 5.32 Å². The van der Waals surface area contributed by atoms with Crippen molar-refractivity contribution in [1.82, 2.24) is 5.32 Å². The van der Waals surface area contributed by atoms with E-state index in [0.717, 1.165) is 0 Å². The number of methoxy groups -OCH3 is 1. The molecule has 1 aliphatic rings. The third-order valence-electron chi connectivity index (χ3n) is 6.53. The predicted octanol–water partition coefficient (Wildman–Crippen LogP) is 3.07. The van der Waals surface area contributed by atoms with Gasteiger partial charge in [-0.25, -0.2) is 9.59 Å². The summed E-state index contributed by atoms with van der Waals surface area (Å²) in [5.74, 6) is -2.12. The number of aliphatic hydroxyl groups excluding tert-OH is 2. The summed E-state index contributed by atoms with van der Waals surface area (Å²) in [5, 5.41) is 22.2. The average Bonchev–Trinajstić information content (AvgIpc) is 2.92. The van der Waals surface area contributed by atoms with Crippen LogP contribution in [0.3, 0.4) is 0 Å². The number of hydrogen-bond acceptors (Lipinski definition) is 9. The van der Waals surface area contributed by atoms with Gasteiger partial charge in [0.1, 0.15) is 24.1 Å². The third kappa shape index (κ3) is 4.85. The van der Waals surface area contributed by atoms with Crippen LogP contribution in [0.2, 0.25) is 0 Å². The van der Waals surface area contributed by atoms with Crippen LogP contribution in [0, 0.1) is 6.92 Å². The molecule has 3 aromatic rings. The van der Waals surface area contributed by atoms with Gasteiger partial charge in [-0.1, -0.05) is 42.5 Å². The Balaban J connectivity index is 2.00. The third-order valence-corrected chi connectivity index (χ3v) is 6.53. The number of hydrogen-bond donors (Lipinski definition) is 3. The van der Waals surface area contributed by atoms with Gasteiger partial charge in [-0.15, -0.1) is 0 Å². The Bertz CT molecular complexity index is 1520. The summed E-state index contributed by atoms with van der Waals surface area (Å²) in [6.07, 6.45) is -1.26. The first-order chi connectivity index (χ1) is 18.2. The lowest BCUT2D eigenvalue weighted by atomic mass is 9.79. The van der Waals surface area contributed by atoms with Gasteiger partial charge in [0, 0.05) is 28.1 Å². The summed E-state index contributed by atoms with van der Waals surface area (Å²) < 4.78 is 16.7. The molecule has 9 heteroatoms. The van der Waals surface area contributed by atoms with E-state index in [9.17, 15) is 19.5 Å². The minimum atomic E-state index is -1.26. The average molecular weight is 520 g/mol. The first-order valence-corrected chi connectivity index (χ1v) is 12.0. The number of nitrogens with one attached hydrogen (secondary N) is 1. The van der Waals surface area contributed by atoms with E-state index in [1.54, 1.807) is 39.0 Å². The molecule has 0 radical (unpaired) electrons. The van der Waals surface area contributed by atoms with Gasteiger partial charge >= 0.3 is 11.9 Å². The molecular weight excluding hydrogens is 490 g/mol. The van der Waals surface area contributed by atoms with Crippen LogP contribution in [0.15, 0.2) is 80.3 Å². The molecule has 2 unspecified atom stereocenters. The second-order valence-corrected chi connectivity index (χ2v) is 9.04. The maximum atomic E-state index is 13.5. The number of benzene rings is 2. The number of fused-ring (bicyclic) bond motifs is 1. The van der Waals surface area contributed by atoms with Crippen molar-refractivity contribution in [2.24, 2.45) is 0 Å². The number of esters is 2. The summed E-state index contributed by atoms with van der Waals surface area (Å²) in [6.45, 7) is 3.99. The van der Waals surface area contributed by atoms with E-state index in [1.807, 2.05) is 30.3 Å². The minimum absolute atomic E-state index is 0.0816. The first-order valence-electron chi connectivity index (χ1n) is 12.0. The van der Waals surface area contributed by atoms with Gasteiger partial charge in [-0.3, -0.25) is 4.79 Å². The molecule has 38 heavy (non-hydrogen) atoms. The fourth-order valence-corrected chi connectivity index (χ4v) is 4.68. The van der Waals surface area contributed by atoms with Gasteiger partial charge < -0.3 is 29.4 Å². The highest BCUT2D eigenvalue weighted by atomic mass is 16.5. The smallest absolute Gasteiger partial charge is 0.336 e. The Labute approximate surface area is 219 Å². The van der Waals surface area contributed by atoms with Gasteiger partial charge in [0.25, 0.3) is 0 Å². The topological polar surface area (TPSA) is 135 Å². The van der Waals surface area contributed by atoms with Gasteiger partial charge in [-0.05, 0) is 26.8 Å². The van der Waals surface area contributed by atoms with Crippen molar-refractivity contribution in [2.75, 3.05) is 20.3 Å². The van der Waals surface area contributed by atoms with Crippen LogP contribution in [0.25, 0.3) is 22.3 Å². The number of carbonyl (C=O) groups is 2. The Hall–Kier alpha value is -4.21. The zero-order chi connectivity index (χ0) is 27.6. The van der Waals surface area contributed by atoms with Crippen LogP contribution < -0.4 is 10.7 Å². The highest BCUT2D eigenvalue weighted by Gasteiger charge is 2.39. The largest absolute Gasteiger partial charge is 0.466 e. The number of rotatable bonds is 7. The Morgan fingerprint density at radius 3 is 2.29 bits per heavy atom. The van der Waals surface area contributed by atoms with Crippen LogP contribution in [-0.2, 0) is 19.1 Å². The molecule has 0 spiro atoms. The van der Waals surface area contributed by atoms with E-state index in [0.29, 0.717) is 39.2 Å². The maximum absolute atomic E-state index is 13.5. The highest BCUT2D eigenvalue weighted by molar-refractivity contribution is 6.01. The molecule has 198 valence electrons. The summed E-state index contributed by atoms with van der Waals surface area (Å²) in [6, 6.07) is 14.2. The maximum Gasteiger partial charge on any atom is 0.336 e. The molecule has 0 saturated carbocycles. The molecule has 1 aromatic heterocycles. The fourth-order valence-electron chi connectivity index (χ4n) is 4.68. The van der Waals surface area contributed by atoms with Crippen molar-refractivity contribution in [3.8, 4) is 11.3 Å². The quantitative estimate of drug-likeness (QED) is 0.403. The van der Waals surface area contributed by atoms with Crippen molar-refractivity contribution in [2.45, 2.75) is 32.8 Å². The number of carbonyl (C=O) groups excluding carboxylic acids is 2. The van der Waals surface area contributed by atoms with Gasteiger partial charge in [-0.2, -0.15) is 0 Å². The molecule has 2 aromatic carbocycles. The molecule has 9 nitrogen and oxygen atoms in total. The molecule has 2 atom stereocenters. The molecule has 3 N–H and O–H groups in total. The number of dihydropyridines is 1. The molecule has 0 saturated heterocycles. The van der Waals surface area contributed by atoms with E-state index in [-0.39, 0.29) is 22.2 Å². The minimum Gasteiger partial charge on any atom is -0.466 e. The van der Waals surface area contributed by atoms with E-state index in [4.69, 9.17) is 19.0 Å². The van der Waals surface area contributed by atoms with Gasteiger partial charge in [0.15, 0.2) is 5.43 Å². The van der Waals surface area contributed by atoms with Crippen molar-refractivity contribution < 1.29 is 33.7 Å². The summed E-state index contributed by atoms with van der Waals surface area (Å²) in [4.78, 5) is 39.8. The Morgan fingerprint density at radius 2 is 1.66 bits per heavy atom. The summed E-state index contributed by atoms with van der Waals surface area (Å²) in [7, 11) is 1.24. The van der Waals surface area contributed by atoms with Crippen LogP contribution in [0.4, 0.5) is 0 Å². The fraction of sp³-hybridized carbons (Fsp3) is 0.276. The second kappa shape index (κ2) is 11.0. The van der Waals surface area contributed by atoms with Crippen LogP contribution in [-0.4, -0.2) is 48.6 Å². The second-order valence-electron chi connectivity index (χ2n) is 9.04. The monoisotopic (exact) mass is 519 g/mol. The lowest BCUT2D eigenvalue weighted by Gasteiger charge is -2.30. The molecule has 0 amide bonds. The first kappa shape index (κ1) is 26.8. The molecule has 2 heterocycles. The SMILES string of the molecule is COC(=O)C1=C(C)NC(C)=C(C(=O)OCC(O)CO)C1c1cccc2c(=O)c(C)c(-c3ccccc3)oc12. The predicted molar refractivity (Wildman–Crippen MR) is 140 cm³/mol. The molecule has 0 aliphatic carbocycles. The number of aliphatic hydroxyl groups is 2. The standard InChI is InChI=1S/C29H29NO8/c1-15-25(33)21-12-8-11-20(27(21)38-26(15)18-9-6-5-7-10-18)24-22(28(34)36-4)16(2)30-17(3)23(24)29(35)37-14-19(32)13-31/h5-12,19,24,30-32H,13-14H2,1-4H3. The Kier molecular flexibility index (Phi) is 7.80. The van der Waals surface area contributed by atoms with Gasteiger partial charge in [0.2, 0.25) is 0 Å². The van der Waals surface area contributed by atoms with E-state index in [1.165, 1.54) is 7.11 Å². The van der Waals surface area contributed by atoms with Crippen molar-refractivity contribution >= 4 is 22.9 Å². The molecule has 1 aliphatic heterocycles. The van der Waals surface area contributed by atoms with Crippen molar-refractivity contribution in [1.29, 1.82) is 0 Å². The van der Waals surface area contributed by atoms with Crippen molar-refractivity contribution in [3.05, 3.63) is 92.4 Å². The van der Waals surface area contributed by atoms with Crippen LogP contribution in [0.1, 0.15) is 30.9 Å². The van der Waals surface area contributed by atoms with Gasteiger partial charge in [0.05, 0.1) is 36.2 Å². The number of ether oxygens (including phenoxy) is 2. The van der Waals surface area contributed by atoms with E-state index < -0.39 is 37.2 Å². The molecular formula is C29H29NO8. The summed E-state index contributed by atoms with van der Waals surface area (Å²) in [5.41, 5.74) is 2.60. The number of allylic oxidation sites excluding steroid dienone is 2. The number of para-hydroxylation sites is 1. The van der Waals surface area contributed by atoms with Crippen LogP contribution in [0.5, 0.6) is 0 Å². The van der Waals surface area contributed by atoms with Crippen molar-refractivity contribution in [3.63, 3.8) is 0 Å². The molecule has 0 bridgehead atoms. The molecule has 4 rings (SSSR count).